The molecule has 1 N–H and O–H groups in total. The number of aromatic carboxylic acids is 1. The third kappa shape index (κ3) is 2.20. The van der Waals surface area contributed by atoms with Crippen molar-refractivity contribution < 1.29 is 9.90 Å². The highest BCUT2D eigenvalue weighted by Crippen LogP contribution is 2.22. The molecule has 102 valence electrons. The molecule has 0 unspecified atom stereocenters. The van der Waals surface area contributed by atoms with Gasteiger partial charge in [0.25, 0.3) is 0 Å². The van der Waals surface area contributed by atoms with Crippen molar-refractivity contribution in [2.75, 3.05) is 0 Å². The van der Waals surface area contributed by atoms with Gasteiger partial charge >= 0.3 is 5.97 Å². The maximum absolute atomic E-state index is 11.3. The van der Waals surface area contributed by atoms with Crippen molar-refractivity contribution in [1.82, 2.24) is 9.55 Å². The summed E-state index contributed by atoms with van der Waals surface area (Å²) in [6, 6.07) is 7.61. The lowest BCUT2D eigenvalue weighted by molar-refractivity contribution is 0.0699. The average Bonchev–Trinajstić information content (AvgIpc) is 3.00. The molecule has 1 aromatic carbocycles. The van der Waals surface area contributed by atoms with E-state index in [1.54, 1.807) is 17.5 Å². The van der Waals surface area contributed by atoms with Gasteiger partial charge in [-0.1, -0.05) is 18.2 Å². The van der Waals surface area contributed by atoms with Crippen molar-refractivity contribution in [2.45, 2.75) is 19.9 Å². The number of aromatic nitrogens is 2. The second kappa shape index (κ2) is 5.09. The lowest BCUT2D eigenvalue weighted by atomic mass is 10.2. The van der Waals surface area contributed by atoms with Crippen LogP contribution in [0.25, 0.3) is 10.9 Å². The van der Waals surface area contributed by atoms with Gasteiger partial charge in [-0.05, 0) is 13.0 Å². The lowest BCUT2D eigenvalue weighted by Crippen LogP contribution is -2.00. The number of thiazole rings is 1. The van der Waals surface area contributed by atoms with E-state index in [4.69, 9.17) is 0 Å². The second-order valence-electron chi connectivity index (χ2n) is 4.67. The van der Waals surface area contributed by atoms with Crippen LogP contribution in [0.2, 0.25) is 0 Å². The number of hydrogen-bond acceptors (Lipinski definition) is 3. The molecule has 3 rings (SSSR count). The van der Waals surface area contributed by atoms with Crippen LogP contribution in [0.4, 0.5) is 0 Å². The van der Waals surface area contributed by atoms with Gasteiger partial charge in [-0.25, -0.2) is 9.78 Å². The predicted molar refractivity (Wildman–Crippen MR) is 79.5 cm³/mol. The van der Waals surface area contributed by atoms with Gasteiger partial charge in [0.15, 0.2) is 0 Å². The summed E-state index contributed by atoms with van der Waals surface area (Å²) in [6.07, 6.45) is 2.59. The monoisotopic (exact) mass is 286 g/mol. The topological polar surface area (TPSA) is 55.1 Å². The van der Waals surface area contributed by atoms with Crippen LogP contribution < -0.4 is 0 Å². The van der Waals surface area contributed by atoms with E-state index in [0.717, 1.165) is 29.6 Å². The Labute approximate surface area is 120 Å². The highest BCUT2D eigenvalue weighted by atomic mass is 32.1. The van der Waals surface area contributed by atoms with E-state index in [-0.39, 0.29) is 0 Å². The maximum Gasteiger partial charge on any atom is 0.337 e. The predicted octanol–water partition coefficient (Wildman–Crippen LogP) is 3.35. The number of fused-ring (bicyclic) bond motifs is 1. The van der Waals surface area contributed by atoms with Gasteiger partial charge in [0.2, 0.25) is 0 Å². The van der Waals surface area contributed by atoms with E-state index in [0.29, 0.717) is 5.56 Å². The Kier molecular flexibility index (Phi) is 3.28. The standard InChI is InChI=1S/C15H14N2O2S/c1-10-14(20-9-16-10)6-7-17-8-12(15(18)19)11-4-2-3-5-13(11)17/h2-5,8-9H,6-7H2,1H3,(H,18,19). The molecule has 0 saturated heterocycles. The van der Waals surface area contributed by atoms with Crippen molar-refractivity contribution in [3.8, 4) is 0 Å². The molecule has 0 radical (unpaired) electrons. The highest BCUT2D eigenvalue weighted by molar-refractivity contribution is 7.09. The highest BCUT2D eigenvalue weighted by Gasteiger charge is 2.13. The Morgan fingerprint density at radius 2 is 2.20 bits per heavy atom. The third-order valence-corrected chi connectivity index (χ3v) is 4.44. The van der Waals surface area contributed by atoms with Crippen LogP contribution in [-0.2, 0) is 13.0 Å². The third-order valence-electron chi connectivity index (χ3n) is 3.44. The minimum absolute atomic E-state index is 0.363. The summed E-state index contributed by atoms with van der Waals surface area (Å²) >= 11 is 1.65. The zero-order chi connectivity index (χ0) is 14.1. The average molecular weight is 286 g/mol. The molecular formula is C15H14N2O2S. The van der Waals surface area contributed by atoms with Crippen LogP contribution in [0.3, 0.4) is 0 Å². The van der Waals surface area contributed by atoms with Crippen LogP contribution in [0, 0.1) is 6.92 Å². The quantitative estimate of drug-likeness (QED) is 0.800. The van der Waals surface area contributed by atoms with Gasteiger partial charge in [-0.2, -0.15) is 0 Å². The number of carbonyl (C=O) groups is 1. The SMILES string of the molecule is Cc1ncsc1CCn1cc(C(=O)O)c2ccccc21. The Morgan fingerprint density at radius 3 is 2.90 bits per heavy atom. The minimum Gasteiger partial charge on any atom is -0.478 e. The first kappa shape index (κ1) is 12.9. The number of para-hydroxylation sites is 1. The molecule has 0 aliphatic rings. The number of rotatable bonds is 4. The Balaban J connectivity index is 1.95. The summed E-state index contributed by atoms with van der Waals surface area (Å²) in [5.41, 5.74) is 4.24. The summed E-state index contributed by atoms with van der Waals surface area (Å²) in [6.45, 7) is 2.76. The molecule has 0 amide bonds. The fourth-order valence-corrected chi connectivity index (χ4v) is 3.16. The Morgan fingerprint density at radius 1 is 1.40 bits per heavy atom. The van der Waals surface area contributed by atoms with Crippen molar-refractivity contribution in [3.05, 3.63) is 52.1 Å². The molecular weight excluding hydrogens is 272 g/mol. The second-order valence-corrected chi connectivity index (χ2v) is 5.61. The zero-order valence-corrected chi connectivity index (χ0v) is 11.9. The van der Waals surface area contributed by atoms with Gasteiger partial charge in [0.05, 0.1) is 16.8 Å². The number of carboxylic acid groups (broad SMARTS) is 1. The molecule has 20 heavy (non-hydrogen) atoms. The van der Waals surface area contributed by atoms with E-state index in [2.05, 4.69) is 4.98 Å². The molecule has 2 aromatic heterocycles. The first-order chi connectivity index (χ1) is 9.66. The lowest BCUT2D eigenvalue weighted by Gasteiger charge is -2.04. The summed E-state index contributed by atoms with van der Waals surface area (Å²) in [7, 11) is 0. The van der Waals surface area contributed by atoms with Gasteiger partial charge in [0.1, 0.15) is 0 Å². The summed E-state index contributed by atoms with van der Waals surface area (Å²) in [4.78, 5) is 16.8. The van der Waals surface area contributed by atoms with Crippen LogP contribution in [0.1, 0.15) is 20.9 Å². The molecule has 0 saturated carbocycles. The van der Waals surface area contributed by atoms with Crippen LogP contribution >= 0.6 is 11.3 Å². The van der Waals surface area contributed by atoms with Crippen LogP contribution in [-0.4, -0.2) is 20.6 Å². The van der Waals surface area contributed by atoms with Gasteiger partial charge in [0, 0.05) is 34.9 Å². The molecule has 0 aliphatic heterocycles. The number of benzene rings is 1. The van der Waals surface area contributed by atoms with Gasteiger partial charge in [-0.3, -0.25) is 0 Å². The first-order valence-corrected chi connectivity index (χ1v) is 7.25. The van der Waals surface area contributed by atoms with E-state index in [1.165, 1.54) is 4.88 Å². The van der Waals surface area contributed by atoms with Crippen LogP contribution in [0.5, 0.6) is 0 Å². The number of carboxylic acids is 1. The number of nitrogens with zero attached hydrogens (tertiary/aromatic N) is 2. The molecule has 3 aromatic rings. The molecule has 0 atom stereocenters. The number of hydrogen-bond donors (Lipinski definition) is 1. The Bertz CT molecular complexity index is 773. The molecule has 2 heterocycles. The van der Waals surface area contributed by atoms with Gasteiger partial charge < -0.3 is 9.67 Å². The minimum atomic E-state index is -0.881. The maximum atomic E-state index is 11.3. The van der Waals surface area contributed by atoms with Crippen molar-refractivity contribution in [2.24, 2.45) is 0 Å². The fraction of sp³-hybridized carbons (Fsp3) is 0.200. The van der Waals surface area contributed by atoms with E-state index in [1.807, 2.05) is 41.3 Å². The largest absolute Gasteiger partial charge is 0.478 e. The van der Waals surface area contributed by atoms with Crippen molar-refractivity contribution >= 4 is 28.2 Å². The van der Waals surface area contributed by atoms with Crippen molar-refractivity contribution in [3.63, 3.8) is 0 Å². The van der Waals surface area contributed by atoms with Crippen molar-refractivity contribution in [1.29, 1.82) is 0 Å². The summed E-state index contributed by atoms with van der Waals surface area (Å²) in [5, 5.41) is 10.1. The molecule has 4 nitrogen and oxygen atoms in total. The fourth-order valence-electron chi connectivity index (χ4n) is 2.39. The molecule has 5 heteroatoms. The number of aryl methyl sites for hydroxylation is 3. The zero-order valence-electron chi connectivity index (χ0n) is 11.0. The Hall–Kier alpha value is -2.14. The molecule has 0 aliphatic carbocycles. The molecule has 0 bridgehead atoms. The normalized spacial score (nSPS) is 11.1. The van der Waals surface area contributed by atoms with E-state index >= 15 is 0 Å². The van der Waals surface area contributed by atoms with Crippen LogP contribution in [0.15, 0.2) is 36.0 Å². The van der Waals surface area contributed by atoms with Gasteiger partial charge in [-0.15, -0.1) is 11.3 Å². The molecule has 0 spiro atoms. The first-order valence-electron chi connectivity index (χ1n) is 6.37. The summed E-state index contributed by atoms with van der Waals surface area (Å²) < 4.78 is 2.01. The van der Waals surface area contributed by atoms with E-state index < -0.39 is 5.97 Å². The van der Waals surface area contributed by atoms with E-state index in [9.17, 15) is 9.90 Å². The molecule has 0 fully saturated rings. The smallest absolute Gasteiger partial charge is 0.337 e. The summed E-state index contributed by atoms with van der Waals surface area (Å²) in [5.74, 6) is -0.881.